The molecule has 0 bridgehead atoms. The summed E-state index contributed by atoms with van der Waals surface area (Å²) in [6.07, 6.45) is 2.27. The molecule has 1 aromatic rings. The second-order valence-electron chi connectivity index (χ2n) is 3.91. The van der Waals surface area contributed by atoms with Gasteiger partial charge < -0.3 is 0 Å². The molecule has 74 valence electrons. The molecule has 14 heavy (non-hydrogen) atoms. The second kappa shape index (κ2) is 3.82. The minimum atomic E-state index is 1.13. The second-order valence-corrected chi connectivity index (χ2v) is 5.17. The Morgan fingerprint density at radius 1 is 1.29 bits per heavy atom. The van der Waals surface area contributed by atoms with Crippen molar-refractivity contribution in [2.24, 2.45) is 0 Å². The summed E-state index contributed by atoms with van der Waals surface area (Å²) in [6.45, 7) is 6.67. The van der Waals surface area contributed by atoms with Crippen LogP contribution >= 0.6 is 11.8 Å². The van der Waals surface area contributed by atoms with E-state index in [1.54, 1.807) is 0 Å². The molecule has 0 saturated heterocycles. The van der Waals surface area contributed by atoms with E-state index in [2.05, 4.69) is 39.0 Å². The quantitative estimate of drug-likeness (QED) is 0.661. The van der Waals surface area contributed by atoms with Crippen LogP contribution in [0.5, 0.6) is 0 Å². The first-order valence-corrected chi connectivity index (χ1v) is 5.98. The molecular weight excluding hydrogens is 188 g/mol. The molecule has 0 aliphatic carbocycles. The third-order valence-electron chi connectivity index (χ3n) is 2.86. The molecule has 0 amide bonds. The highest BCUT2D eigenvalue weighted by Gasteiger charge is 2.13. The van der Waals surface area contributed by atoms with Crippen LogP contribution in [-0.4, -0.2) is 0 Å². The SMILES string of the molecule is CCc1ccc2c(c1)SC(C)=C(C)C2. The van der Waals surface area contributed by atoms with E-state index in [0.29, 0.717) is 0 Å². The first-order valence-electron chi connectivity index (χ1n) is 5.16. The Balaban J connectivity index is 2.39. The van der Waals surface area contributed by atoms with Gasteiger partial charge in [0.1, 0.15) is 0 Å². The van der Waals surface area contributed by atoms with Crippen LogP contribution in [0.4, 0.5) is 0 Å². The lowest BCUT2D eigenvalue weighted by Crippen LogP contribution is -1.98. The fourth-order valence-corrected chi connectivity index (χ4v) is 2.78. The molecule has 0 unspecified atom stereocenters. The summed E-state index contributed by atoms with van der Waals surface area (Å²) in [5.74, 6) is 0. The van der Waals surface area contributed by atoms with Crippen molar-refractivity contribution in [1.82, 2.24) is 0 Å². The van der Waals surface area contributed by atoms with E-state index in [-0.39, 0.29) is 0 Å². The van der Waals surface area contributed by atoms with Crippen LogP contribution in [0.25, 0.3) is 0 Å². The summed E-state index contributed by atoms with van der Waals surface area (Å²) >= 11 is 1.93. The van der Waals surface area contributed by atoms with Gasteiger partial charge in [0.2, 0.25) is 0 Å². The predicted octanol–water partition coefficient (Wildman–Crippen LogP) is 4.19. The monoisotopic (exact) mass is 204 g/mol. The minimum Gasteiger partial charge on any atom is -0.0946 e. The highest BCUT2D eigenvalue weighted by atomic mass is 32.2. The van der Waals surface area contributed by atoms with Crippen molar-refractivity contribution in [3.63, 3.8) is 0 Å². The average molecular weight is 204 g/mol. The van der Waals surface area contributed by atoms with Crippen LogP contribution in [0.3, 0.4) is 0 Å². The molecule has 1 heteroatoms. The van der Waals surface area contributed by atoms with Gasteiger partial charge >= 0.3 is 0 Å². The van der Waals surface area contributed by atoms with Gasteiger partial charge in [-0.1, -0.05) is 36.4 Å². The Bertz CT molecular complexity index is 388. The molecule has 1 aromatic carbocycles. The minimum absolute atomic E-state index is 1.13. The maximum atomic E-state index is 2.34. The molecule has 0 N–H and O–H groups in total. The van der Waals surface area contributed by atoms with E-state index in [4.69, 9.17) is 0 Å². The zero-order chi connectivity index (χ0) is 10.1. The van der Waals surface area contributed by atoms with Crippen molar-refractivity contribution in [3.8, 4) is 0 Å². The normalized spacial score (nSPS) is 15.6. The topological polar surface area (TPSA) is 0 Å². The smallest absolute Gasteiger partial charge is 0.0157 e. The number of aryl methyl sites for hydroxylation is 1. The average Bonchev–Trinajstić information content (AvgIpc) is 2.19. The summed E-state index contributed by atoms with van der Waals surface area (Å²) in [6, 6.07) is 6.89. The number of allylic oxidation sites excluding steroid dienone is 2. The van der Waals surface area contributed by atoms with Crippen molar-refractivity contribution in [3.05, 3.63) is 39.8 Å². The van der Waals surface area contributed by atoms with Gasteiger partial charge in [0, 0.05) is 4.90 Å². The summed E-state index contributed by atoms with van der Waals surface area (Å²) in [5, 5.41) is 0. The van der Waals surface area contributed by atoms with E-state index in [1.807, 2.05) is 11.8 Å². The first-order chi connectivity index (χ1) is 6.70. The van der Waals surface area contributed by atoms with Crippen molar-refractivity contribution in [2.45, 2.75) is 38.5 Å². The highest BCUT2D eigenvalue weighted by Crippen LogP contribution is 2.38. The lowest BCUT2D eigenvalue weighted by Gasteiger charge is -2.18. The maximum Gasteiger partial charge on any atom is 0.0157 e. The third kappa shape index (κ3) is 1.74. The molecular formula is C13H16S. The summed E-state index contributed by atoms with van der Waals surface area (Å²) in [5.41, 5.74) is 4.46. The Morgan fingerprint density at radius 3 is 2.79 bits per heavy atom. The van der Waals surface area contributed by atoms with E-state index in [9.17, 15) is 0 Å². The molecule has 0 nitrogen and oxygen atoms in total. The van der Waals surface area contributed by atoms with Gasteiger partial charge in [-0.15, -0.1) is 0 Å². The van der Waals surface area contributed by atoms with Gasteiger partial charge in [0.25, 0.3) is 0 Å². The largest absolute Gasteiger partial charge is 0.0946 e. The molecule has 0 aromatic heterocycles. The first kappa shape index (κ1) is 9.85. The van der Waals surface area contributed by atoms with Crippen LogP contribution in [0.2, 0.25) is 0 Å². The zero-order valence-electron chi connectivity index (χ0n) is 9.05. The standard InChI is InChI=1S/C13H16S/c1-4-11-5-6-12-7-9(2)10(3)14-13(12)8-11/h5-6,8H,4,7H2,1-3H3. The Labute approximate surface area is 90.4 Å². The van der Waals surface area contributed by atoms with Gasteiger partial charge in [0.05, 0.1) is 0 Å². The molecule has 0 fully saturated rings. The fraction of sp³-hybridized carbons (Fsp3) is 0.385. The Kier molecular flexibility index (Phi) is 2.69. The van der Waals surface area contributed by atoms with Gasteiger partial charge in [0.15, 0.2) is 0 Å². The van der Waals surface area contributed by atoms with Crippen LogP contribution in [0, 0.1) is 0 Å². The lowest BCUT2D eigenvalue weighted by molar-refractivity contribution is 1.04. The van der Waals surface area contributed by atoms with Crippen molar-refractivity contribution < 1.29 is 0 Å². The maximum absolute atomic E-state index is 2.34. The predicted molar refractivity (Wildman–Crippen MR) is 63.8 cm³/mol. The van der Waals surface area contributed by atoms with E-state index in [1.165, 1.54) is 26.5 Å². The molecule has 1 heterocycles. The molecule has 1 aliphatic rings. The molecule has 0 saturated carbocycles. The summed E-state index contributed by atoms with van der Waals surface area (Å²) in [4.78, 5) is 2.94. The molecule has 1 aliphatic heterocycles. The molecule has 0 atom stereocenters. The molecule has 2 rings (SSSR count). The number of rotatable bonds is 1. The lowest BCUT2D eigenvalue weighted by atomic mass is 10.0. The summed E-state index contributed by atoms with van der Waals surface area (Å²) in [7, 11) is 0. The van der Waals surface area contributed by atoms with E-state index >= 15 is 0 Å². The summed E-state index contributed by atoms with van der Waals surface area (Å²) < 4.78 is 0. The van der Waals surface area contributed by atoms with Gasteiger partial charge in [-0.2, -0.15) is 0 Å². The highest BCUT2D eigenvalue weighted by molar-refractivity contribution is 8.03. The fourth-order valence-electron chi connectivity index (χ4n) is 1.72. The van der Waals surface area contributed by atoms with Gasteiger partial charge in [-0.3, -0.25) is 0 Å². The van der Waals surface area contributed by atoms with Crippen LogP contribution in [-0.2, 0) is 12.8 Å². The van der Waals surface area contributed by atoms with Crippen molar-refractivity contribution >= 4 is 11.8 Å². The van der Waals surface area contributed by atoms with Crippen molar-refractivity contribution in [2.75, 3.05) is 0 Å². The van der Waals surface area contributed by atoms with Gasteiger partial charge in [-0.05, 0) is 48.8 Å². The van der Waals surface area contributed by atoms with Crippen LogP contribution in [0.15, 0.2) is 33.6 Å². The van der Waals surface area contributed by atoms with Crippen molar-refractivity contribution in [1.29, 1.82) is 0 Å². The Hall–Kier alpha value is -0.690. The van der Waals surface area contributed by atoms with Gasteiger partial charge in [-0.25, -0.2) is 0 Å². The third-order valence-corrected chi connectivity index (χ3v) is 4.11. The number of hydrogen-bond donors (Lipinski definition) is 0. The number of fused-ring (bicyclic) bond motifs is 1. The van der Waals surface area contributed by atoms with E-state index in [0.717, 1.165) is 12.8 Å². The Morgan fingerprint density at radius 2 is 2.07 bits per heavy atom. The molecule has 0 radical (unpaired) electrons. The zero-order valence-corrected chi connectivity index (χ0v) is 9.87. The van der Waals surface area contributed by atoms with Crippen LogP contribution in [0.1, 0.15) is 31.9 Å². The number of thioether (sulfide) groups is 1. The van der Waals surface area contributed by atoms with E-state index < -0.39 is 0 Å². The number of benzene rings is 1. The number of hydrogen-bond acceptors (Lipinski definition) is 1. The van der Waals surface area contributed by atoms with Crippen LogP contribution < -0.4 is 0 Å². The molecule has 0 spiro atoms.